The van der Waals surface area contributed by atoms with Gasteiger partial charge in [-0.25, -0.2) is 9.89 Å². The number of nitrogens with two attached hydrogens (primary N) is 1. The van der Waals surface area contributed by atoms with Crippen molar-refractivity contribution in [2.24, 2.45) is 11.7 Å². The van der Waals surface area contributed by atoms with E-state index in [1.807, 2.05) is 0 Å². The molecule has 66 valence electrons. The van der Waals surface area contributed by atoms with E-state index in [9.17, 15) is 4.79 Å². The molecule has 0 aromatic carbocycles. The van der Waals surface area contributed by atoms with E-state index < -0.39 is 0 Å². The number of nitrogens with one attached hydrogen (secondary N) is 1. The average molecular weight is 168 g/mol. The number of H-pyrrole nitrogens is 1. The Kier molecular flexibility index (Phi) is 1.73. The molecule has 1 aliphatic rings. The molecule has 0 aliphatic heterocycles. The number of nitrogens with zero attached hydrogens (tertiary/aromatic N) is 2. The zero-order valence-electron chi connectivity index (χ0n) is 6.73. The third-order valence-corrected chi connectivity index (χ3v) is 2.25. The summed E-state index contributed by atoms with van der Waals surface area (Å²) in [6, 6.07) is 0.111. The Labute approximate surface area is 69.6 Å². The van der Waals surface area contributed by atoms with Crippen molar-refractivity contribution in [3.8, 4) is 0 Å². The molecular formula is C7H12N4O. The molecule has 0 saturated heterocycles. The molecule has 0 amide bonds. The molecule has 1 fully saturated rings. The maximum Gasteiger partial charge on any atom is 0.343 e. The van der Waals surface area contributed by atoms with Gasteiger partial charge in [-0.15, -0.1) is 0 Å². The second-order valence-corrected chi connectivity index (χ2v) is 3.32. The highest BCUT2D eigenvalue weighted by Gasteiger charge is 2.28. The van der Waals surface area contributed by atoms with E-state index in [0.717, 1.165) is 0 Å². The van der Waals surface area contributed by atoms with Crippen LogP contribution >= 0.6 is 0 Å². The van der Waals surface area contributed by atoms with E-state index in [4.69, 9.17) is 5.73 Å². The van der Waals surface area contributed by atoms with E-state index in [2.05, 4.69) is 10.2 Å². The summed E-state index contributed by atoms with van der Waals surface area (Å²) in [7, 11) is 0. The van der Waals surface area contributed by atoms with Crippen LogP contribution in [0.4, 0.5) is 0 Å². The number of aromatic amines is 1. The SMILES string of the molecule is NC(Cn1cn[nH]c1=O)C1CC1. The fourth-order valence-electron chi connectivity index (χ4n) is 1.30. The summed E-state index contributed by atoms with van der Waals surface area (Å²) >= 11 is 0. The largest absolute Gasteiger partial charge is 0.343 e. The Hall–Kier alpha value is -1.10. The van der Waals surface area contributed by atoms with Crippen LogP contribution in [0.15, 0.2) is 11.1 Å². The first-order valence-electron chi connectivity index (χ1n) is 4.13. The molecule has 1 unspecified atom stereocenters. The van der Waals surface area contributed by atoms with Crippen molar-refractivity contribution in [1.29, 1.82) is 0 Å². The van der Waals surface area contributed by atoms with Gasteiger partial charge < -0.3 is 5.73 Å². The molecule has 0 bridgehead atoms. The molecule has 12 heavy (non-hydrogen) atoms. The normalized spacial score (nSPS) is 19.4. The molecule has 5 nitrogen and oxygen atoms in total. The number of rotatable bonds is 3. The Morgan fingerprint density at radius 3 is 3.08 bits per heavy atom. The van der Waals surface area contributed by atoms with Crippen LogP contribution in [0.25, 0.3) is 0 Å². The van der Waals surface area contributed by atoms with Crippen molar-refractivity contribution in [3.63, 3.8) is 0 Å². The highest BCUT2D eigenvalue weighted by molar-refractivity contribution is 4.84. The van der Waals surface area contributed by atoms with Gasteiger partial charge in [0.2, 0.25) is 0 Å². The summed E-state index contributed by atoms with van der Waals surface area (Å²) in [4.78, 5) is 11.0. The predicted molar refractivity (Wildman–Crippen MR) is 43.5 cm³/mol. The molecule has 1 saturated carbocycles. The van der Waals surface area contributed by atoms with Crippen molar-refractivity contribution in [2.45, 2.75) is 25.4 Å². The topological polar surface area (TPSA) is 76.7 Å². The number of hydrogen-bond acceptors (Lipinski definition) is 3. The summed E-state index contributed by atoms with van der Waals surface area (Å²) in [5, 5.41) is 5.96. The third-order valence-electron chi connectivity index (χ3n) is 2.25. The predicted octanol–water partition coefficient (Wildman–Crippen LogP) is -0.691. The third kappa shape index (κ3) is 1.40. The van der Waals surface area contributed by atoms with E-state index in [-0.39, 0.29) is 11.7 Å². The minimum Gasteiger partial charge on any atom is -0.326 e. The first kappa shape index (κ1) is 7.54. The van der Waals surface area contributed by atoms with Crippen LogP contribution in [0, 0.1) is 5.92 Å². The second kappa shape index (κ2) is 2.75. The van der Waals surface area contributed by atoms with E-state index >= 15 is 0 Å². The molecule has 2 rings (SSSR count). The second-order valence-electron chi connectivity index (χ2n) is 3.32. The first-order chi connectivity index (χ1) is 5.77. The summed E-state index contributed by atoms with van der Waals surface area (Å²) in [5.74, 6) is 0.617. The number of aromatic nitrogens is 3. The lowest BCUT2D eigenvalue weighted by Crippen LogP contribution is -2.32. The minimum absolute atomic E-state index is 0.111. The average Bonchev–Trinajstić information content (AvgIpc) is 2.80. The molecule has 1 aliphatic carbocycles. The van der Waals surface area contributed by atoms with Gasteiger partial charge in [-0.2, -0.15) is 5.10 Å². The Morgan fingerprint density at radius 1 is 1.83 bits per heavy atom. The Morgan fingerprint density at radius 2 is 2.58 bits per heavy atom. The quantitative estimate of drug-likeness (QED) is 0.627. The maximum atomic E-state index is 11.0. The molecule has 1 atom stereocenters. The molecule has 1 aromatic heterocycles. The van der Waals surface area contributed by atoms with Crippen molar-refractivity contribution in [1.82, 2.24) is 14.8 Å². The van der Waals surface area contributed by atoms with Crippen LogP contribution < -0.4 is 11.4 Å². The van der Waals surface area contributed by atoms with Crippen molar-refractivity contribution in [2.75, 3.05) is 0 Å². The van der Waals surface area contributed by atoms with Gasteiger partial charge in [0.1, 0.15) is 6.33 Å². The zero-order valence-corrected chi connectivity index (χ0v) is 6.73. The lowest BCUT2D eigenvalue weighted by atomic mass is 10.2. The summed E-state index contributed by atoms with van der Waals surface area (Å²) in [6.07, 6.45) is 3.89. The fourth-order valence-corrected chi connectivity index (χ4v) is 1.30. The van der Waals surface area contributed by atoms with Gasteiger partial charge in [-0.3, -0.25) is 4.57 Å². The van der Waals surface area contributed by atoms with Gasteiger partial charge in [0.25, 0.3) is 0 Å². The fraction of sp³-hybridized carbons (Fsp3) is 0.714. The molecule has 1 aromatic rings. The zero-order chi connectivity index (χ0) is 8.55. The van der Waals surface area contributed by atoms with Gasteiger partial charge in [0, 0.05) is 12.6 Å². The molecule has 5 heteroatoms. The van der Waals surface area contributed by atoms with Crippen LogP contribution in [0.2, 0.25) is 0 Å². The number of hydrogen-bond donors (Lipinski definition) is 2. The molecular weight excluding hydrogens is 156 g/mol. The highest BCUT2D eigenvalue weighted by atomic mass is 16.1. The van der Waals surface area contributed by atoms with Crippen LogP contribution in [-0.2, 0) is 6.54 Å². The summed E-state index contributed by atoms with van der Waals surface area (Å²) < 4.78 is 1.52. The molecule has 0 spiro atoms. The minimum atomic E-state index is -0.175. The maximum absolute atomic E-state index is 11.0. The van der Waals surface area contributed by atoms with Crippen LogP contribution in [0.3, 0.4) is 0 Å². The molecule has 0 radical (unpaired) electrons. The summed E-state index contributed by atoms with van der Waals surface area (Å²) in [6.45, 7) is 0.583. The van der Waals surface area contributed by atoms with E-state index in [1.165, 1.54) is 23.7 Å². The smallest absolute Gasteiger partial charge is 0.326 e. The van der Waals surface area contributed by atoms with Gasteiger partial charge in [0.05, 0.1) is 0 Å². The van der Waals surface area contributed by atoms with Crippen molar-refractivity contribution in [3.05, 3.63) is 16.8 Å². The molecule has 3 N–H and O–H groups in total. The van der Waals surface area contributed by atoms with Gasteiger partial charge in [-0.05, 0) is 18.8 Å². The van der Waals surface area contributed by atoms with Crippen LogP contribution in [0.1, 0.15) is 12.8 Å². The van der Waals surface area contributed by atoms with Crippen molar-refractivity contribution < 1.29 is 0 Å². The van der Waals surface area contributed by atoms with Gasteiger partial charge in [0.15, 0.2) is 0 Å². The highest BCUT2D eigenvalue weighted by Crippen LogP contribution is 2.31. The first-order valence-corrected chi connectivity index (χ1v) is 4.13. The van der Waals surface area contributed by atoms with Crippen LogP contribution in [-0.4, -0.2) is 20.8 Å². The van der Waals surface area contributed by atoms with E-state index in [1.54, 1.807) is 0 Å². The van der Waals surface area contributed by atoms with Crippen molar-refractivity contribution >= 4 is 0 Å². The van der Waals surface area contributed by atoms with E-state index in [0.29, 0.717) is 12.5 Å². The summed E-state index contributed by atoms with van der Waals surface area (Å²) in [5.41, 5.74) is 5.66. The Bertz CT molecular complexity index is 311. The van der Waals surface area contributed by atoms with Crippen LogP contribution in [0.5, 0.6) is 0 Å². The van der Waals surface area contributed by atoms with Gasteiger partial charge in [-0.1, -0.05) is 0 Å². The molecule has 1 heterocycles. The standard InChI is InChI=1S/C7H12N4O/c8-6(5-1-2-5)3-11-4-9-10-7(11)12/h4-6H,1-3,8H2,(H,10,12). The monoisotopic (exact) mass is 168 g/mol. The lowest BCUT2D eigenvalue weighted by molar-refractivity contribution is 0.494. The van der Waals surface area contributed by atoms with Gasteiger partial charge >= 0.3 is 5.69 Å². The Balaban J connectivity index is 2.02. The lowest BCUT2D eigenvalue weighted by Gasteiger charge is -2.08.